The molecule has 0 aliphatic carbocycles. The third-order valence-electron chi connectivity index (χ3n) is 3.58. The number of carbonyl (C=O) groups is 1. The van der Waals surface area contributed by atoms with E-state index in [1.807, 2.05) is 18.7 Å². The molecule has 4 heteroatoms. The number of nitrogens with two attached hydrogens (primary N) is 1. The second-order valence-corrected chi connectivity index (χ2v) is 5.17. The Balaban J connectivity index is 0.00000225. The normalized spacial score (nSPS) is 29.2. The van der Waals surface area contributed by atoms with Gasteiger partial charge in [0.05, 0.1) is 5.92 Å². The van der Waals surface area contributed by atoms with Crippen molar-refractivity contribution in [2.45, 2.75) is 52.6 Å². The Morgan fingerprint density at radius 3 is 2.38 bits per heavy atom. The van der Waals surface area contributed by atoms with E-state index in [0.29, 0.717) is 12.0 Å². The molecule has 96 valence electrons. The monoisotopic (exact) mass is 248 g/mol. The standard InChI is InChI=1S/C12H24N2O.ClH/c1-8-5-6-9(2)14(7-8)12(15)10(3)11(4)13;/h8-11H,5-7,13H2,1-4H3;1H. The van der Waals surface area contributed by atoms with E-state index in [9.17, 15) is 4.79 Å². The molecule has 1 fully saturated rings. The lowest BCUT2D eigenvalue weighted by molar-refractivity contribution is -0.139. The zero-order chi connectivity index (χ0) is 11.6. The third-order valence-corrected chi connectivity index (χ3v) is 3.58. The molecule has 0 aromatic rings. The second-order valence-electron chi connectivity index (χ2n) is 5.17. The molecule has 0 radical (unpaired) electrons. The zero-order valence-electron chi connectivity index (χ0n) is 10.8. The Labute approximate surface area is 105 Å². The number of hydrogen-bond donors (Lipinski definition) is 1. The first-order valence-electron chi connectivity index (χ1n) is 5.99. The van der Waals surface area contributed by atoms with Crippen molar-refractivity contribution in [3.63, 3.8) is 0 Å². The van der Waals surface area contributed by atoms with Crippen LogP contribution in [0, 0.1) is 11.8 Å². The van der Waals surface area contributed by atoms with Gasteiger partial charge in [0.15, 0.2) is 0 Å². The number of amides is 1. The van der Waals surface area contributed by atoms with Crippen LogP contribution in [-0.2, 0) is 4.79 Å². The predicted octanol–water partition coefficient (Wildman–Crippen LogP) is 2.04. The van der Waals surface area contributed by atoms with E-state index in [1.165, 1.54) is 6.42 Å². The van der Waals surface area contributed by atoms with Crippen LogP contribution in [-0.4, -0.2) is 29.4 Å². The molecule has 0 spiro atoms. The summed E-state index contributed by atoms with van der Waals surface area (Å²) in [5.74, 6) is 0.798. The van der Waals surface area contributed by atoms with Gasteiger partial charge in [0, 0.05) is 18.6 Å². The Hall–Kier alpha value is -0.280. The van der Waals surface area contributed by atoms with Crippen molar-refractivity contribution in [2.75, 3.05) is 6.54 Å². The molecule has 1 aliphatic heterocycles. The zero-order valence-corrected chi connectivity index (χ0v) is 11.6. The second kappa shape index (κ2) is 6.45. The van der Waals surface area contributed by atoms with Crippen LogP contribution < -0.4 is 5.73 Å². The van der Waals surface area contributed by atoms with E-state index < -0.39 is 0 Å². The van der Waals surface area contributed by atoms with Gasteiger partial charge in [0.1, 0.15) is 0 Å². The number of likely N-dealkylation sites (tertiary alicyclic amines) is 1. The van der Waals surface area contributed by atoms with E-state index in [4.69, 9.17) is 5.73 Å². The van der Waals surface area contributed by atoms with Gasteiger partial charge in [0.2, 0.25) is 5.91 Å². The number of nitrogens with zero attached hydrogens (tertiary/aromatic N) is 1. The van der Waals surface area contributed by atoms with Crippen LogP contribution in [0.2, 0.25) is 0 Å². The molecule has 4 atom stereocenters. The fourth-order valence-electron chi connectivity index (χ4n) is 2.08. The number of carbonyl (C=O) groups excluding carboxylic acids is 1. The molecule has 3 nitrogen and oxygen atoms in total. The summed E-state index contributed by atoms with van der Waals surface area (Å²) < 4.78 is 0. The Morgan fingerprint density at radius 2 is 1.88 bits per heavy atom. The maximum absolute atomic E-state index is 12.1. The molecule has 1 heterocycles. The van der Waals surface area contributed by atoms with Gasteiger partial charge in [-0.3, -0.25) is 4.79 Å². The molecule has 1 amide bonds. The van der Waals surface area contributed by atoms with Gasteiger partial charge in [0.25, 0.3) is 0 Å². The maximum Gasteiger partial charge on any atom is 0.227 e. The van der Waals surface area contributed by atoms with E-state index >= 15 is 0 Å². The smallest absolute Gasteiger partial charge is 0.227 e. The molecule has 0 aromatic heterocycles. The van der Waals surface area contributed by atoms with Gasteiger partial charge in [-0.25, -0.2) is 0 Å². The molecule has 2 N–H and O–H groups in total. The minimum atomic E-state index is -0.0576. The first-order valence-corrected chi connectivity index (χ1v) is 5.99. The lowest BCUT2D eigenvalue weighted by Crippen LogP contribution is -2.49. The van der Waals surface area contributed by atoms with E-state index in [-0.39, 0.29) is 30.3 Å². The number of halogens is 1. The molecule has 1 rings (SSSR count). The van der Waals surface area contributed by atoms with Gasteiger partial charge in [-0.1, -0.05) is 13.8 Å². The number of rotatable bonds is 2. The largest absolute Gasteiger partial charge is 0.339 e. The molecular formula is C12H25ClN2O. The van der Waals surface area contributed by atoms with E-state index in [2.05, 4.69) is 13.8 Å². The minimum absolute atomic E-state index is 0. The van der Waals surface area contributed by atoms with Crippen LogP contribution in [0.4, 0.5) is 0 Å². The lowest BCUT2D eigenvalue weighted by Gasteiger charge is -2.38. The van der Waals surface area contributed by atoms with Crippen molar-refractivity contribution in [1.29, 1.82) is 0 Å². The third kappa shape index (κ3) is 3.63. The molecule has 4 unspecified atom stereocenters. The predicted molar refractivity (Wildman–Crippen MR) is 69.6 cm³/mol. The van der Waals surface area contributed by atoms with Crippen molar-refractivity contribution in [2.24, 2.45) is 17.6 Å². The van der Waals surface area contributed by atoms with Crippen LogP contribution in [0.5, 0.6) is 0 Å². The first kappa shape index (κ1) is 15.7. The quantitative estimate of drug-likeness (QED) is 0.813. The van der Waals surface area contributed by atoms with Gasteiger partial charge in [-0.05, 0) is 32.6 Å². The summed E-state index contributed by atoms with van der Waals surface area (Å²) in [6, 6.07) is 0.330. The van der Waals surface area contributed by atoms with Gasteiger partial charge in [-0.15, -0.1) is 12.4 Å². The lowest BCUT2D eigenvalue weighted by atomic mass is 9.92. The Morgan fingerprint density at radius 1 is 1.31 bits per heavy atom. The molecule has 1 saturated heterocycles. The summed E-state index contributed by atoms with van der Waals surface area (Å²) in [4.78, 5) is 14.2. The van der Waals surface area contributed by atoms with Crippen LogP contribution >= 0.6 is 12.4 Å². The van der Waals surface area contributed by atoms with Crippen LogP contribution in [0.3, 0.4) is 0 Å². The fraction of sp³-hybridized carbons (Fsp3) is 0.917. The summed E-state index contributed by atoms with van der Waals surface area (Å²) in [6.45, 7) is 9.08. The number of piperidine rings is 1. The average Bonchev–Trinajstić information content (AvgIpc) is 2.19. The van der Waals surface area contributed by atoms with Crippen LogP contribution in [0.1, 0.15) is 40.5 Å². The van der Waals surface area contributed by atoms with Crippen molar-refractivity contribution >= 4 is 18.3 Å². The molecule has 0 bridgehead atoms. The average molecular weight is 249 g/mol. The Bertz CT molecular complexity index is 233. The topological polar surface area (TPSA) is 46.3 Å². The van der Waals surface area contributed by atoms with Crippen molar-refractivity contribution in [3.8, 4) is 0 Å². The van der Waals surface area contributed by atoms with E-state index in [0.717, 1.165) is 13.0 Å². The summed E-state index contributed by atoms with van der Waals surface area (Å²) in [6.07, 6.45) is 2.36. The summed E-state index contributed by atoms with van der Waals surface area (Å²) >= 11 is 0. The van der Waals surface area contributed by atoms with Gasteiger partial charge < -0.3 is 10.6 Å². The molecular weight excluding hydrogens is 224 g/mol. The SMILES string of the molecule is CC1CCC(C)N(C(=O)C(C)C(C)N)C1.Cl. The highest BCUT2D eigenvalue weighted by atomic mass is 35.5. The van der Waals surface area contributed by atoms with Crippen molar-refractivity contribution in [1.82, 2.24) is 4.90 Å². The van der Waals surface area contributed by atoms with Gasteiger partial charge >= 0.3 is 0 Å². The van der Waals surface area contributed by atoms with Crippen molar-refractivity contribution < 1.29 is 4.79 Å². The first-order chi connectivity index (χ1) is 6.93. The number of hydrogen-bond acceptors (Lipinski definition) is 2. The maximum atomic E-state index is 12.1. The Kier molecular flexibility index (Phi) is 6.34. The van der Waals surface area contributed by atoms with Crippen LogP contribution in [0.25, 0.3) is 0 Å². The molecule has 0 aromatic carbocycles. The van der Waals surface area contributed by atoms with E-state index in [1.54, 1.807) is 0 Å². The highest BCUT2D eigenvalue weighted by Crippen LogP contribution is 2.23. The molecule has 0 saturated carbocycles. The summed E-state index contributed by atoms with van der Waals surface area (Å²) in [7, 11) is 0. The highest BCUT2D eigenvalue weighted by Gasteiger charge is 2.30. The molecule has 16 heavy (non-hydrogen) atoms. The van der Waals surface area contributed by atoms with Crippen molar-refractivity contribution in [3.05, 3.63) is 0 Å². The van der Waals surface area contributed by atoms with Gasteiger partial charge in [-0.2, -0.15) is 0 Å². The van der Waals surface area contributed by atoms with Crippen LogP contribution in [0.15, 0.2) is 0 Å². The highest BCUT2D eigenvalue weighted by molar-refractivity contribution is 5.85. The minimum Gasteiger partial charge on any atom is -0.339 e. The summed E-state index contributed by atoms with van der Waals surface area (Å²) in [5.41, 5.74) is 5.78. The molecule has 1 aliphatic rings. The summed E-state index contributed by atoms with van der Waals surface area (Å²) in [5, 5.41) is 0. The fourth-order valence-corrected chi connectivity index (χ4v) is 2.08.